The molecule has 1 atom stereocenters. The lowest BCUT2D eigenvalue weighted by molar-refractivity contribution is -0.113. The second-order valence-electron chi connectivity index (χ2n) is 5.19. The van der Waals surface area contributed by atoms with Crippen molar-refractivity contribution in [1.82, 2.24) is 10.2 Å². The van der Waals surface area contributed by atoms with Gasteiger partial charge in [-0.1, -0.05) is 18.2 Å². The zero-order valence-electron chi connectivity index (χ0n) is 11.8. The number of thioether (sulfide) groups is 1. The summed E-state index contributed by atoms with van der Waals surface area (Å²) >= 11 is 1.65. The fourth-order valence-corrected chi connectivity index (χ4v) is 3.64. The Morgan fingerprint density at radius 3 is 2.80 bits per heavy atom. The predicted molar refractivity (Wildman–Crippen MR) is 82.2 cm³/mol. The number of aryl methyl sites for hydroxylation is 3. The van der Waals surface area contributed by atoms with Crippen LogP contribution < -0.4 is 5.32 Å². The number of amides is 1. The number of rotatable bonds is 1. The largest absolute Gasteiger partial charge is 0.308 e. The Bertz CT molecular complexity index is 678. The summed E-state index contributed by atoms with van der Waals surface area (Å²) in [6.45, 7) is 6.23. The summed E-state index contributed by atoms with van der Waals surface area (Å²) in [7, 11) is 0. The molecule has 0 saturated heterocycles. The summed E-state index contributed by atoms with van der Waals surface area (Å²) < 4.78 is 0. The molecule has 2 aromatic rings. The summed E-state index contributed by atoms with van der Waals surface area (Å²) in [5.74, 6) is 1.13. The molecule has 4 nitrogen and oxygen atoms in total. The minimum absolute atomic E-state index is 0.00841. The number of nitrogens with zero attached hydrogens (tertiary/aromatic N) is 1. The van der Waals surface area contributed by atoms with Gasteiger partial charge in [0.25, 0.3) is 0 Å². The molecule has 1 aromatic heterocycles. The molecule has 2 heterocycles. The van der Waals surface area contributed by atoms with E-state index < -0.39 is 0 Å². The highest BCUT2D eigenvalue weighted by Crippen LogP contribution is 2.42. The Kier molecular flexibility index (Phi) is 3.30. The normalized spacial score (nSPS) is 18.4. The number of carbonyl (C=O) groups is 1. The van der Waals surface area contributed by atoms with Crippen molar-refractivity contribution >= 4 is 23.5 Å². The SMILES string of the molecule is Cc1ccc([C@H]2SCC(=O)Nc3n[nH]c(C)c32)cc1C. The van der Waals surface area contributed by atoms with Gasteiger partial charge in [-0.05, 0) is 37.5 Å². The first-order valence-corrected chi connectivity index (χ1v) is 7.64. The maximum absolute atomic E-state index is 11.8. The van der Waals surface area contributed by atoms with E-state index in [1.54, 1.807) is 11.8 Å². The molecule has 0 aliphatic carbocycles. The molecule has 0 unspecified atom stereocenters. The van der Waals surface area contributed by atoms with Gasteiger partial charge in [-0.25, -0.2) is 0 Å². The summed E-state index contributed by atoms with van der Waals surface area (Å²) in [6, 6.07) is 6.49. The predicted octanol–water partition coefficient (Wildman–Crippen LogP) is 3.11. The van der Waals surface area contributed by atoms with E-state index in [2.05, 4.69) is 47.6 Å². The number of carbonyl (C=O) groups excluding carboxylic acids is 1. The molecule has 1 aliphatic heterocycles. The number of hydrogen-bond donors (Lipinski definition) is 2. The van der Waals surface area contributed by atoms with Crippen LogP contribution in [0.1, 0.15) is 33.2 Å². The van der Waals surface area contributed by atoms with Gasteiger partial charge in [-0.15, -0.1) is 11.8 Å². The van der Waals surface area contributed by atoms with Gasteiger partial charge in [0.15, 0.2) is 5.82 Å². The molecule has 2 N–H and O–H groups in total. The van der Waals surface area contributed by atoms with E-state index in [1.807, 2.05) is 6.92 Å². The van der Waals surface area contributed by atoms with Crippen LogP contribution in [0.3, 0.4) is 0 Å². The average Bonchev–Trinajstić information content (AvgIpc) is 2.67. The molecule has 0 fully saturated rings. The Morgan fingerprint density at radius 1 is 1.25 bits per heavy atom. The Morgan fingerprint density at radius 2 is 2.05 bits per heavy atom. The number of aromatic nitrogens is 2. The zero-order valence-corrected chi connectivity index (χ0v) is 12.6. The van der Waals surface area contributed by atoms with E-state index in [1.165, 1.54) is 16.7 Å². The second kappa shape index (κ2) is 4.98. The topological polar surface area (TPSA) is 57.8 Å². The molecule has 0 saturated carbocycles. The van der Waals surface area contributed by atoms with Gasteiger partial charge in [0, 0.05) is 11.3 Å². The molecule has 1 amide bonds. The molecule has 0 spiro atoms. The summed E-state index contributed by atoms with van der Waals surface area (Å²) in [5, 5.41) is 10.2. The highest BCUT2D eigenvalue weighted by molar-refractivity contribution is 8.00. The van der Waals surface area contributed by atoms with Crippen LogP contribution in [-0.2, 0) is 4.79 Å². The van der Waals surface area contributed by atoms with Crippen LogP contribution in [0.15, 0.2) is 18.2 Å². The van der Waals surface area contributed by atoms with Crippen molar-refractivity contribution in [2.75, 3.05) is 11.1 Å². The third-order valence-electron chi connectivity index (χ3n) is 3.73. The van der Waals surface area contributed by atoms with Gasteiger partial charge in [0.05, 0.1) is 11.0 Å². The fourth-order valence-electron chi connectivity index (χ4n) is 2.46. The first-order chi connectivity index (χ1) is 9.56. The standard InChI is InChI=1S/C15H17N3OS/c1-8-4-5-11(6-9(8)2)14-13-10(3)17-18-15(13)16-12(19)7-20-14/h4-6,14H,7H2,1-3H3,(H2,16,17,18,19)/t14-/m1/s1. The van der Waals surface area contributed by atoms with Crippen LogP contribution in [0.25, 0.3) is 0 Å². The quantitative estimate of drug-likeness (QED) is 0.847. The number of anilines is 1. The minimum atomic E-state index is 0.00841. The second-order valence-corrected chi connectivity index (χ2v) is 6.29. The van der Waals surface area contributed by atoms with Crippen LogP contribution in [-0.4, -0.2) is 21.9 Å². The highest BCUT2D eigenvalue weighted by Gasteiger charge is 2.28. The highest BCUT2D eigenvalue weighted by atomic mass is 32.2. The van der Waals surface area contributed by atoms with Crippen molar-refractivity contribution < 1.29 is 4.79 Å². The van der Waals surface area contributed by atoms with Crippen molar-refractivity contribution in [3.8, 4) is 0 Å². The molecule has 1 aliphatic rings. The van der Waals surface area contributed by atoms with Gasteiger partial charge < -0.3 is 5.32 Å². The van der Waals surface area contributed by atoms with Gasteiger partial charge in [-0.2, -0.15) is 5.10 Å². The third-order valence-corrected chi connectivity index (χ3v) is 5.00. The molecule has 5 heteroatoms. The zero-order chi connectivity index (χ0) is 14.3. The van der Waals surface area contributed by atoms with Crippen LogP contribution >= 0.6 is 11.8 Å². The molecule has 20 heavy (non-hydrogen) atoms. The van der Waals surface area contributed by atoms with Crippen LogP contribution in [0.4, 0.5) is 5.82 Å². The molecule has 3 rings (SSSR count). The smallest absolute Gasteiger partial charge is 0.235 e. The number of benzene rings is 1. The molecule has 1 aromatic carbocycles. The van der Waals surface area contributed by atoms with Crippen LogP contribution in [0.2, 0.25) is 0 Å². The van der Waals surface area contributed by atoms with E-state index in [0.29, 0.717) is 11.6 Å². The Balaban J connectivity index is 2.10. The molecular formula is C15H17N3OS. The molecular weight excluding hydrogens is 270 g/mol. The van der Waals surface area contributed by atoms with E-state index in [4.69, 9.17) is 0 Å². The lowest BCUT2D eigenvalue weighted by Gasteiger charge is -2.16. The van der Waals surface area contributed by atoms with Crippen molar-refractivity contribution in [3.05, 3.63) is 46.1 Å². The first kappa shape index (κ1) is 13.2. The summed E-state index contributed by atoms with van der Waals surface area (Å²) in [6.07, 6.45) is 0. The Labute approximate surface area is 122 Å². The van der Waals surface area contributed by atoms with Crippen LogP contribution in [0, 0.1) is 20.8 Å². The lowest BCUT2D eigenvalue weighted by atomic mass is 10.00. The number of fused-ring (bicyclic) bond motifs is 1. The van der Waals surface area contributed by atoms with Crippen molar-refractivity contribution in [1.29, 1.82) is 0 Å². The van der Waals surface area contributed by atoms with Gasteiger partial charge >= 0.3 is 0 Å². The van der Waals surface area contributed by atoms with E-state index >= 15 is 0 Å². The van der Waals surface area contributed by atoms with Crippen LogP contribution in [0.5, 0.6) is 0 Å². The molecule has 0 bridgehead atoms. The lowest BCUT2D eigenvalue weighted by Crippen LogP contribution is -2.12. The van der Waals surface area contributed by atoms with Gasteiger partial charge in [0.1, 0.15) is 0 Å². The number of aromatic amines is 1. The van der Waals surface area contributed by atoms with E-state index in [9.17, 15) is 4.79 Å². The van der Waals surface area contributed by atoms with E-state index in [0.717, 1.165) is 11.3 Å². The Hall–Kier alpha value is -1.75. The van der Waals surface area contributed by atoms with Crippen molar-refractivity contribution in [2.24, 2.45) is 0 Å². The molecule has 0 radical (unpaired) electrons. The monoisotopic (exact) mass is 287 g/mol. The number of H-pyrrole nitrogens is 1. The number of nitrogens with one attached hydrogen (secondary N) is 2. The maximum Gasteiger partial charge on any atom is 0.235 e. The minimum Gasteiger partial charge on any atom is -0.308 e. The van der Waals surface area contributed by atoms with Gasteiger partial charge in [0.2, 0.25) is 5.91 Å². The average molecular weight is 287 g/mol. The fraction of sp³-hybridized carbons (Fsp3) is 0.333. The maximum atomic E-state index is 11.8. The van der Waals surface area contributed by atoms with Crippen molar-refractivity contribution in [2.45, 2.75) is 26.0 Å². The molecule has 104 valence electrons. The van der Waals surface area contributed by atoms with E-state index in [-0.39, 0.29) is 11.2 Å². The summed E-state index contributed by atoms with van der Waals surface area (Å²) in [4.78, 5) is 11.8. The van der Waals surface area contributed by atoms with Gasteiger partial charge in [-0.3, -0.25) is 9.89 Å². The van der Waals surface area contributed by atoms with Crippen molar-refractivity contribution in [3.63, 3.8) is 0 Å². The third kappa shape index (κ3) is 2.22. The number of hydrogen-bond acceptors (Lipinski definition) is 3. The summed E-state index contributed by atoms with van der Waals surface area (Å²) in [5.41, 5.74) is 5.88. The first-order valence-electron chi connectivity index (χ1n) is 6.59.